The summed E-state index contributed by atoms with van der Waals surface area (Å²) in [7, 11) is 1.12. The van der Waals surface area contributed by atoms with Gasteiger partial charge in [-0.15, -0.1) is 0 Å². The lowest BCUT2D eigenvalue weighted by molar-refractivity contribution is -0.136. The standard InChI is InChI=1S/C13H22F2O2/c1-3-4-5-6-7-8-9-10-11(12(14)15)13(16)17-2/h3-10H2,1-2H3. The van der Waals surface area contributed by atoms with Crippen LogP contribution in [0.25, 0.3) is 0 Å². The number of carbonyl (C=O) groups is 1. The van der Waals surface area contributed by atoms with E-state index in [1.54, 1.807) is 0 Å². The van der Waals surface area contributed by atoms with Crippen LogP contribution in [0.4, 0.5) is 8.78 Å². The number of esters is 1. The van der Waals surface area contributed by atoms with E-state index in [-0.39, 0.29) is 6.42 Å². The molecule has 0 saturated heterocycles. The van der Waals surface area contributed by atoms with Gasteiger partial charge in [0.25, 0.3) is 6.08 Å². The van der Waals surface area contributed by atoms with Crippen LogP contribution in [0.15, 0.2) is 11.7 Å². The lowest BCUT2D eigenvalue weighted by Gasteiger charge is -2.04. The van der Waals surface area contributed by atoms with Crippen LogP contribution in [-0.2, 0) is 9.53 Å². The van der Waals surface area contributed by atoms with Crippen molar-refractivity contribution in [2.75, 3.05) is 7.11 Å². The lowest BCUT2D eigenvalue weighted by atomic mass is 10.1. The Morgan fingerprint density at radius 1 is 1.00 bits per heavy atom. The minimum Gasteiger partial charge on any atom is -0.466 e. The van der Waals surface area contributed by atoms with Gasteiger partial charge in [0.2, 0.25) is 0 Å². The summed E-state index contributed by atoms with van der Waals surface area (Å²) >= 11 is 0. The molecule has 0 rings (SSSR count). The number of halogens is 2. The van der Waals surface area contributed by atoms with E-state index in [1.807, 2.05) is 0 Å². The number of hydrogen-bond donors (Lipinski definition) is 0. The average Bonchev–Trinajstić information content (AvgIpc) is 2.31. The van der Waals surface area contributed by atoms with E-state index >= 15 is 0 Å². The van der Waals surface area contributed by atoms with Crippen molar-refractivity contribution >= 4 is 5.97 Å². The topological polar surface area (TPSA) is 26.3 Å². The summed E-state index contributed by atoms with van der Waals surface area (Å²) in [6.07, 6.45) is 5.52. The first-order chi connectivity index (χ1) is 8.13. The second kappa shape index (κ2) is 10.2. The largest absolute Gasteiger partial charge is 0.466 e. The van der Waals surface area contributed by atoms with Gasteiger partial charge >= 0.3 is 5.97 Å². The Labute approximate surface area is 102 Å². The summed E-state index contributed by atoms with van der Waals surface area (Å²) in [5.41, 5.74) is -0.471. The molecule has 0 saturated carbocycles. The highest BCUT2D eigenvalue weighted by atomic mass is 19.3. The molecule has 0 aromatic heterocycles. The van der Waals surface area contributed by atoms with E-state index < -0.39 is 17.6 Å². The molecule has 0 aromatic rings. The first-order valence-corrected chi connectivity index (χ1v) is 6.26. The fourth-order valence-corrected chi connectivity index (χ4v) is 1.66. The van der Waals surface area contributed by atoms with E-state index in [0.717, 1.165) is 26.4 Å². The van der Waals surface area contributed by atoms with Gasteiger partial charge in [0.1, 0.15) is 5.57 Å². The van der Waals surface area contributed by atoms with Gasteiger partial charge in [0.05, 0.1) is 7.11 Å². The van der Waals surface area contributed by atoms with Crippen molar-refractivity contribution in [3.8, 4) is 0 Å². The number of methoxy groups -OCH3 is 1. The molecule has 0 aromatic carbocycles. The molecule has 0 aliphatic rings. The minimum absolute atomic E-state index is 0.114. The van der Waals surface area contributed by atoms with Crippen LogP contribution >= 0.6 is 0 Å². The Bertz CT molecular complexity index is 246. The highest BCUT2D eigenvalue weighted by molar-refractivity contribution is 5.88. The number of unbranched alkanes of at least 4 members (excludes halogenated alkanes) is 6. The van der Waals surface area contributed by atoms with Crippen LogP contribution < -0.4 is 0 Å². The molecule has 0 aliphatic heterocycles. The van der Waals surface area contributed by atoms with Gasteiger partial charge in [0, 0.05) is 0 Å². The first kappa shape index (κ1) is 16.1. The van der Waals surface area contributed by atoms with Gasteiger partial charge in [-0.25, -0.2) is 4.79 Å². The van der Waals surface area contributed by atoms with Gasteiger partial charge in [0.15, 0.2) is 0 Å². The third kappa shape index (κ3) is 7.88. The van der Waals surface area contributed by atoms with E-state index in [0.29, 0.717) is 6.42 Å². The molecule has 100 valence electrons. The van der Waals surface area contributed by atoms with Crippen LogP contribution in [0.2, 0.25) is 0 Å². The monoisotopic (exact) mass is 248 g/mol. The predicted octanol–water partition coefficient (Wildman–Crippen LogP) is 4.45. The average molecular weight is 248 g/mol. The molecule has 0 radical (unpaired) electrons. The number of carbonyl (C=O) groups excluding carboxylic acids is 1. The second-order valence-electron chi connectivity index (χ2n) is 4.10. The van der Waals surface area contributed by atoms with Crippen LogP contribution in [0.1, 0.15) is 58.3 Å². The molecule has 0 heterocycles. The maximum atomic E-state index is 12.4. The summed E-state index contributed by atoms with van der Waals surface area (Å²) in [5, 5.41) is 0. The van der Waals surface area contributed by atoms with Crippen LogP contribution in [-0.4, -0.2) is 13.1 Å². The zero-order chi connectivity index (χ0) is 13.1. The third-order valence-electron chi connectivity index (χ3n) is 2.69. The van der Waals surface area contributed by atoms with Crippen LogP contribution in [0.3, 0.4) is 0 Å². The Hall–Kier alpha value is -0.930. The van der Waals surface area contributed by atoms with E-state index in [4.69, 9.17) is 0 Å². The predicted molar refractivity (Wildman–Crippen MR) is 63.9 cm³/mol. The molecule has 0 unspecified atom stereocenters. The van der Waals surface area contributed by atoms with Crippen LogP contribution in [0.5, 0.6) is 0 Å². The van der Waals surface area contributed by atoms with Crippen molar-refractivity contribution in [2.24, 2.45) is 0 Å². The highest BCUT2D eigenvalue weighted by Crippen LogP contribution is 2.18. The Morgan fingerprint density at radius 2 is 1.53 bits per heavy atom. The quantitative estimate of drug-likeness (QED) is 0.342. The molecule has 0 spiro atoms. The Morgan fingerprint density at radius 3 is 2.00 bits per heavy atom. The summed E-state index contributed by atoms with van der Waals surface area (Å²) in [5.74, 6) is -0.906. The van der Waals surface area contributed by atoms with Crippen molar-refractivity contribution in [3.63, 3.8) is 0 Å². The fourth-order valence-electron chi connectivity index (χ4n) is 1.66. The Balaban J connectivity index is 3.71. The number of hydrogen-bond acceptors (Lipinski definition) is 2. The molecular weight excluding hydrogens is 226 g/mol. The Kier molecular flexibility index (Phi) is 9.68. The minimum atomic E-state index is -1.91. The van der Waals surface area contributed by atoms with Gasteiger partial charge in [-0.1, -0.05) is 45.4 Å². The zero-order valence-corrected chi connectivity index (χ0v) is 10.7. The molecular formula is C13H22F2O2. The molecule has 2 nitrogen and oxygen atoms in total. The second-order valence-corrected chi connectivity index (χ2v) is 4.10. The number of rotatable bonds is 9. The maximum Gasteiger partial charge on any atom is 0.339 e. The van der Waals surface area contributed by atoms with E-state index in [1.165, 1.54) is 19.3 Å². The summed E-state index contributed by atoms with van der Waals surface area (Å²) in [6, 6.07) is 0. The van der Waals surface area contributed by atoms with Crippen molar-refractivity contribution in [1.82, 2.24) is 0 Å². The number of ether oxygens (including phenoxy) is 1. The van der Waals surface area contributed by atoms with Gasteiger partial charge in [-0.3, -0.25) is 0 Å². The molecule has 0 fully saturated rings. The highest BCUT2D eigenvalue weighted by Gasteiger charge is 2.15. The fraction of sp³-hybridized carbons (Fsp3) is 0.769. The van der Waals surface area contributed by atoms with Gasteiger partial charge in [-0.2, -0.15) is 8.78 Å². The first-order valence-electron chi connectivity index (χ1n) is 6.26. The zero-order valence-electron chi connectivity index (χ0n) is 10.7. The van der Waals surface area contributed by atoms with Crippen molar-refractivity contribution in [3.05, 3.63) is 11.7 Å². The maximum absolute atomic E-state index is 12.4. The summed E-state index contributed by atoms with van der Waals surface area (Å²) in [4.78, 5) is 11.0. The molecule has 0 bridgehead atoms. The normalized spacial score (nSPS) is 10.1. The van der Waals surface area contributed by atoms with Crippen molar-refractivity contribution in [1.29, 1.82) is 0 Å². The molecule has 0 amide bonds. The summed E-state index contributed by atoms with van der Waals surface area (Å²) in [6.45, 7) is 2.15. The van der Waals surface area contributed by atoms with Crippen molar-refractivity contribution in [2.45, 2.75) is 58.3 Å². The smallest absolute Gasteiger partial charge is 0.339 e. The lowest BCUT2D eigenvalue weighted by Crippen LogP contribution is -2.05. The molecule has 0 aliphatic carbocycles. The SMILES string of the molecule is CCCCCCCCCC(C(=O)OC)=C(F)F. The molecule has 0 atom stereocenters. The van der Waals surface area contributed by atoms with Gasteiger partial charge < -0.3 is 4.74 Å². The third-order valence-corrected chi connectivity index (χ3v) is 2.69. The molecule has 0 N–H and O–H groups in total. The van der Waals surface area contributed by atoms with Crippen molar-refractivity contribution < 1.29 is 18.3 Å². The summed E-state index contributed by atoms with van der Waals surface area (Å²) < 4.78 is 29.1. The van der Waals surface area contributed by atoms with Gasteiger partial charge in [-0.05, 0) is 12.8 Å². The van der Waals surface area contributed by atoms with Crippen LogP contribution in [0, 0.1) is 0 Å². The van der Waals surface area contributed by atoms with E-state index in [2.05, 4.69) is 11.7 Å². The van der Waals surface area contributed by atoms with E-state index in [9.17, 15) is 13.6 Å². The molecule has 17 heavy (non-hydrogen) atoms. The molecule has 4 heteroatoms.